The Labute approximate surface area is 106 Å². The topological polar surface area (TPSA) is 53.4 Å². The first-order valence-corrected chi connectivity index (χ1v) is 6.43. The average Bonchev–Trinajstić information content (AvgIpc) is 2.59. The van der Waals surface area contributed by atoms with Crippen LogP contribution in [0.4, 0.5) is 5.13 Å². The van der Waals surface area contributed by atoms with Gasteiger partial charge in [-0.1, -0.05) is 32.1 Å². The number of carbonyl (C=O) groups is 1. The molecule has 17 heavy (non-hydrogen) atoms. The molecule has 1 N–H and O–H groups in total. The third-order valence-corrected chi connectivity index (χ3v) is 3.73. The van der Waals surface area contributed by atoms with Crippen LogP contribution in [-0.2, 0) is 5.41 Å². The summed E-state index contributed by atoms with van der Waals surface area (Å²) in [5.41, 5.74) is 0.415. The van der Waals surface area contributed by atoms with E-state index in [1.54, 1.807) is 0 Å². The van der Waals surface area contributed by atoms with Crippen LogP contribution in [0.25, 0.3) is 0 Å². The van der Waals surface area contributed by atoms with Gasteiger partial charge in [0.15, 0.2) is 5.13 Å². The number of aromatic nitrogens is 1. The first-order chi connectivity index (χ1) is 7.64. The zero-order valence-electron chi connectivity index (χ0n) is 11.2. The normalized spacial score (nSPS) is 11.9. The molecule has 5 heteroatoms. The second-order valence-corrected chi connectivity index (χ2v) is 6.41. The molecule has 0 fully saturated rings. The van der Waals surface area contributed by atoms with Gasteiger partial charge in [-0.3, -0.25) is 0 Å². The highest BCUT2D eigenvalue weighted by Gasteiger charge is 2.28. The fourth-order valence-electron chi connectivity index (χ4n) is 1.33. The fourth-order valence-corrected chi connectivity index (χ4v) is 2.54. The van der Waals surface area contributed by atoms with E-state index in [1.165, 1.54) is 11.3 Å². The predicted molar refractivity (Wildman–Crippen MR) is 71.3 cm³/mol. The maximum absolute atomic E-state index is 11.2. The minimum Gasteiger partial charge on any atom is -0.477 e. The van der Waals surface area contributed by atoms with Gasteiger partial charge in [0.1, 0.15) is 4.88 Å². The minimum absolute atomic E-state index is 0.250. The van der Waals surface area contributed by atoms with E-state index < -0.39 is 5.97 Å². The number of carboxylic acids is 1. The first-order valence-electron chi connectivity index (χ1n) is 5.62. The molecular weight excluding hydrogens is 236 g/mol. The highest BCUT2D eigenvalue weighted by atomic mass is 32.1. The van der Waals surface area contributed by atoms with Crippen LogP contribution in [0.3, 0.4) is 0 Å². The summed E-state index contributed by atoms with van der Waals surface area (Å²) in [5.74, 6) is -0.893. The summed E-state index contributed by atoms with van der Waals surface area (Å²) in [4.78, 5) is 18.1. The van der Waals surface area contributed by atoms with Gasteiger partial charge in [0.2, 0.25) is 0 Å². The summed E-state index contributed by atoms with van der Waals surface area (Å²) in [7, 11) is 1.93. The van der Waals surface area contributed by atoms with Crippen LogP contribution in [-0.4, -0.2) is 29.1 Å². The number of carboxylic acid groups (broad SMARTS) is 1. The molecule has 0 radical (unpaired) electrons. The molecule has 0 aliphatic carbocycles. The number of hydrogen-bond donors (Lipinski definition) is 1. The number of thiazole rings is 1. The standard InChI is InChI=1S/C12H20N2O2S/c1-7(2)14(6)11-13-9(12(3,4)5)8(17-11)10(15)16/h7H,1-6H3,(H,15,16). The molecule has 0 saturated carbocycles. The van der Waals surface area contributed by atoms with Crippen molar-refractivity contribution in [1.29, 1.82) is 0 Å². The number of aromatic carboxylic acids is 1. The summed E-state index contributed by atoms with van der Waals surface area (Å²) in [5, 5.41) is 9.98. The molecule has 0 saturated heterocycles. The molecule has 0 unspecified atom stereocenters. The smallest absolute Gasteiger partial charge is 0.347 e. The number of anilines is 1. The lowest BCUT2D eigenvalue weighted by Crippen LogP contribution is -2.25. The van der Waals surface area contributed by atoms with Crippen LogP contribution in [0.15, 0.2) is 0 Å². The van der Waals surface area contributed by atoms with Gasteiger partial charge in [-0.05, 0) is 13.8 Å². The van der Waals surface area contributed by atoms with E-state index in [1.807, 2.05) is 32.7 Å². The third kappa shape index (κ3) is 2.97. The van der Waals surface area contributed by atoms with Crippen molar-refractivity contribution in [2.75, 3.05) is 11.9 Å². The summed E-state index contributed by atoms with van der Waals surface area (Å²) in [6, 6.07) is 0.301. The van der Waals surface area contributed by atoms with Crippen molar-refractivity contribution in [2.45, 2.75) is 46.1 Å². The van der Waals surface area contributed by atoms with Gasteiger partial charge in [0.05, 0.1) is 5.69 Å². The SMILES string of the molecule is CC(C)N(C)c1nc(C(C)(C)C)c(C(=O)O)s1. The molecule has 0 atom stereocenters. The molecule has 1 rings (SSSR count). The monoisotopic (exact) mass is 256 g/mol. The van der Waals surface area contributed by atoms with Gasteiger partial charge in [-0.15, -0.1) is 0 Å². The molecule has 4 nitrogen and oxygen atoms in total. The van der Waals surface area contributed by atoms with Gasteiger partial charge in [-0.2, -0.15) is 0 Å². The van der Waals surface area contributed by atoms with Crippen molar-refractivity contribution in [1.82, 2.24) is 4.98 Å². The van der Waals surface area contributed by atoms with Gasteiger partial charge >= 0.3 is 5.97 Å². The summed E-state index contributed by atoms with van der Waals surface area (Å²) in [6.07, 6.45) is 0. The van der Waals surface area contributed by atoms with Crippen LogP contribution in [0.2, 0.25) is 0 Å². The third-order valence-electron chi connectivity index (χ3n) is 2.60. The lowest BCUT2D eigenvalue weighted by Gasteiger charge is -2.20. The van der Waals surface area contributed by atoms with Crippen molar-refractivity contribution >= 4 is 22.4 Å². The van der Waals surface area contributed by atoms with Gasteiger partial charge < -0.3 is 10.0 Å². The van der Waals surface area contributed by atoms with Crippen LogP contribution in [0.1, 0.15) is 50.0 Å². The summed E-state index contributed by atoms with van der Waals surface area (Å²) in [6.45, 7) is 10.0. The van der Waals surface area contributed by atoms with E-state index in [2.05, 4.69) is 18.8 Å². The number of nitrogens with zero attached hydrogens (tertiary/aromatic N) is 2. The Morgan fingerprint density at radius 1 is 1.41 bits per heavy atom. The molecule has 0 spiro atoms. The fraction of sp³-hybridized carbons (Fsp3) is 0.667. The van der Waals surface area contributed by atoms with Crippen LogP contribution >= 0.6 is 11.3 Å². The van der Waals surface area contributed by atoms with Crippen molar-refractivity contribution < 1.29 is 9.90 Å². The van der Waals surface area contributed by atoms with Gasteiger partial charge in [-0.25, -0.2) is 9.78 Å². The molecule has 0 aliphatic heterocycles. The van der Waals surface area contributed by atoms with Gasteiger partial charge in [0.25, 0.3) is 0 Å². The summed E-state index contributed by atoms with van der Waals surface area (Å²) >= 11 is 1.25. The quantitative estimate of drug-likeness (QED) is 0.903. The zero-order valence-corrected chi connectivity index (χ0v) is 12.1. The molecule has 1 aromatic heterocycles. The van der Waals surface area contributed by atoms with Crippen LogP contribution < -0.4 is 4.90 Å². The van der Waals surface area contributed by atoms with E-state index >= 15 is 0 Å². The van der Waals surface area contributed by atoms with Crippen LogP contribution in [0, 0.1) is 0 Å². The van der Waals surface area contributed by atoms with Crippen LogP contribution in [0.5, 0.6) is 0 Å². The Balaban J connectivity index is 3.27. The van der Waals surface area contributed by atoms with E-state index in [9.17, 15) is 9.90 Å². The summed E-state index contributed by atoms with van der Waals surface area (Å²) < 4.78 is 0. The van der Waals surface area contributed by atoms with E-state index in [4.69, 9.17) is 0 Å². The number of hydrogen-bond acceptors (Lipinski definition) is 4. The maximum Gasteiger partial charge on any atom is 0.347 e. The van der Waals surface area contributed by atoms with E-state index in [-0.39, 0.29) is 5.41 Å². The second kappa shape index (κ2) is 4.64. The molecule has 96 valence electrons. The van der Waals surface area contributed by atoms with Crippen molar-refractivity contribution in [3.05, 3.63) is 10.6 Å². The Bertz CT molecular complexity index is 419. The molecule has 0 amide bonds. The molecule has 1 heterocycles. The van der Waals surface area contributed by atoms with Gasteiger partial charge in [0, 0.05) is 18.5 Å². The average molecular weight is 256 g/mol. The molecule has 0 bridgehead atoms. The van der Waals surface area contributed by atoms with Crippen molar-refractivity contribution in [3.8, 4) is 0 Å². The highest BCUT2D eigenvalue weighted by Crippen LogP contribution is 2.33. The molecule has 0 aliphatic rings. The Kier molecular flexibility index (Phi) is 3.81. The Hall–Kier alpha value is -1.10. The molecular formula is C12H20N2O2S. The van der Waals surface area contributed by atoms with Crippen molar-refractivity contribution in [3.63, 3.8) is 0 Å². The first kappa shape index (κ1) is 14.0. The zero-order chi connectivity index (χ0) is 13.4. The second-order valence-electron chi connectivity index (χ2n) is 5.43. The Morgan fingerprint density at radius 2 is 1.94 bits per heavy atom. The lowest BCUT2D eigenvalue weighted by atomic mass is 9.91. The lowest BCUT2D eigenvalue weighted by molar-refractivity contribution is 0.0699. The van der Waals surface area contributed by atoms with Crippen molar-refractivity contribution in [2.24, 2.45) is 0 Å². The molecule has 0 aromatic carbocycles. The minimum atomic E-state index is -0.893. The number of rotatable bonds is 3. The predicted octanol–water partition coefficient (Wildman–Crippen LogP) is 2.98. The molecule has 1 aromatic rings. The maximum atomic E-state index is 11.2. The van der Waals surface area contributed by atoms with E-state index in [0.717, 1.165) is 5.13 Å². The highest BCUT2D eigenvalue weighted by molar-refractivity contribution is 7.17. The van der Waals surface area contributed by atoms with E-state index in [0.29, 0.717) is 16.6 Å². The Morgan fingerprint density at radius 3 is 2.24 bits per heavy atom. The largest absolute Gasteiger partial charge is 0.477 e.